The van der Waals surface area contributed by atoms with Crippen molar-refractivity contribution in [3.05, 3.63) is 131 Å². The van der Waals surface area contributed by atoms with Gasteiger partial charge in [-0.2, -0.15) is 0 Å². The lowest BCUT2D eigenvalue weighted by Gasteiger charge is -2.09. The average molecular weight is 611 g/mol. The summed E-state index contributed by atoms with van der Waals surface area (Å²) in [6.45, 7) is 4.15. The van der Waals surface area contributed by atoms with E-state index in [4.69, 9.17) is 9.97 Å². The lowest BCUT2D eigenvalue weighted by Crippen LogP contribution is -2.15. The summed E-state index contributed by atoms with van der Waals surface area (Å²) < 4.78 is 2.30. The first-order valence-electron chi connectivity index (χ1n) is 14.1. The maximum Gasteiger partial charge on any atom is 0.255 e. The van der Waals surface area contributed by atoms with Crippen LogP contribution in [0.1, 0.15) is 31.8 Å². The highest BCUT2D eigenvalue weighted by molar-refractivity contribution is 7.22. The number of hydrogen-bond acceptors (Lipinski definition) is 6. The highest BCUT2D eigenvalue weighted by atomic mass is 32.1. The molecule has 7 rings (SSSR count). The number of hydrogen-bond donors (Lipinski definition) is 2. The normalized spacial score (nSPS) is 11.1. The Morgan fingerprint density at radius 3 is 1.41 bits per heavy atom. The third-order valence-corrected chi connectivity index (χ3v) is 9.39. The first-order chi connectivity index (χ1) is 21.4. The lowest BCUT2D eigenvalue weighted by molar-refractivity contribution is 0.102. The van der Waals surface area contributed by atoms with Crippen LogP contribution in [0, 0.1) is 13.8 Å². The SMILES string of the molecule is Cc1ccc2nc(-c3ccc(NC(=O)c4cccc(C(=O)Nc5ccc(-c6nc7ccc(C)cc7s6)cc5)c4)cc3)sc2c1. The molecule has 44 heavy (non-hydrogen) atoms. The second-order valence-corrected chi connectivity index (χ2v) is 12.7. The van der Waals surface area contributed by atoms with Gasteiger partial charge in [0.05, 0.1) is 20.4 Å². The first kappa shape index (κ1) is 27.6. The van der Waals surface area contributed by atoms with Crippen LogP contribution in [-0.4, -0.2) is 21.8 Å². The summed E-state index contributed by atoms with van der Waals surface area (Å²) in [6.07, 6.45) is 0. The molecule has 0 saturated carbocycles. The highest BCUT2D eigenvalue weighted by Crippen LogP contribution is 2.32. The van der Waals surface area contributed by atoms with Crippen LogP contribution in [-0.2, 0) is 0 Å². The summed E-state index contributed by atoms with van der Waals surface area (Å²) >= 11 is 3.30. The molecule has 0 aliphatic carbocycles. The number of fused-ring (bicyclic) bond motifs is 2. The molecule has 0 radical (unpaired) electrons. The molecular formula is C36H26N4O2S2. The first-order valence-corrected chi connectivity index (χ1v) is 15.7. The summed E-state index contributed by atoms with van der Waals surface area (Å²) in [5, 5.41) is 7.72. The summed E-state index contributed by atoms with van der Waals surface area (Å²) in [6, 6.07) is 34.4. The molecule has 2 aromatic heterocycles. The predicted octanol–water partition coefficient (Wildman–Crippen LogP) is 9.36. The second-order valence-electron chi connectivity index (χ2n) is 10.6. The Balaban J connectivity index is 1.00. The van der Waals surface area contributed by atoms with Crippen LogP contribution < -0.4 is 10.6 Å². The molecule has 5 aromatic carbocycles. The summed E-state index contributed by atoms with van der Waals surface area (Å²) in [4.78, 5) is 35.6. The van der Waals surface area contributed by atoms with Gasteiger partial charge in [0.2, 0.25) is 0 Å². The summed E-state index contributed by atoms with van der Waals surface area (Å²) in [5.41, 5.74) is 8.46. The number of aromatic nitrogens is 2. The molecule has 8 heteroatoms. The molecule has 7 aromatic rings. The molecular weight excluding hydrogens is 585 g/mol. The van der Waals surface area contributed by atoms with E-state index in [0.717, 1.165) is 41.6 Å². The number of anilines is 2. The van der Waals surface area contributed by atoms with E-state index in [-0.39, 0.29) is 11.8 Å². The fraction of sp³-hybridized carbons (Fsp3) is 0.0556. The van der Waals surface area contributed by atoms with Gasteiger partial charge in [-0.3, -0.25) is 9.59 Å². The molecule has 214 valence electrons. The standard InChI is InChI=1S/C36H26N4O2S2/c1-21-6-16-29-31(18-21)43-35(39-29)23-8-12-27(13-9-23)37-33(41)25-4-3-5-26(20-25)34(42)38-28-14-10-24(11-15-28)36-40-30-17-7-22(2)19-32(30)44-36/h3-20H,1-2H3,(H,37,41)(H,38,42). The van der Waals surface area contributed by atoms with Gasteiger partial charge in [-0.25, -0.2) is 9.97 Å². The van der Waals surface area contributed by atoms with Gasteiger partial charge in [0, 0.05) is 33.6 Å². The van der Waals surface area contributed by atoms with E-state index in [1.165, 1.54) is 11.1 Å². The number of nitrogens with zero attached hydrogens (tertiary/aromatic N) is 2. The maximum atomic E-state index is 13.0. The lowest BCUT2D eigenvalue weighted by atomic mass is 10.1. The topological polar surface area (TPSA) is 84.0 Å². The average Bonchev–Trinajstić information content (AvgIpc) is 3.65. The Bertz CT molecular complexity index is 2030. The number of carbonyl (C=O) groups excluding carboxylic acids is 2. The Labute approximate surface area is 262 Å². The Hall–Kier alpha value is -5.18. The molecule has 2 N–H and O–H groups in total. The third kappa shape index (κ3) is 5.73. The van der Waals surface area contributed by atoms with E-state index in [1.807, 2.05) is 60.7 Å². The van der Waals surface area contributed by atoms with Gasteiger partial charge in [0.25, 0.3) is 11.8 Å². The van der Waals surface area contributed by atoms with Crippen molar-refractivity contribution in [1.29, 1.82) is 0 Å². The quantitative estimate of drug-likeness (QED) is 0.197. The molecule has 0 unspecified atom stereocenters. The van der Waals surface area contributed by atoms with Gasteiger partial charge in [-0.15, -0.1) is 22.7 Å². The number of nitrogens with one attached hydrogen (secondary N) is 2. The van der Waals surface area contributed by atoms with Crippen molar-refractivity contribution in [2.45, 2.75) is 13.8 Å². The van der Waals surface area contributed by atoms with Crippen molar-refractivity contribution in [1.82, 2.24) is 9.97 Å². The van der Waals surface area contributed by atoms with Crippen LogP contribution in [0.5, 0.6) is 0 Å². The van der Waals surface area contributed by atoms with Crippen molar-refractivity contribution >= 4 is 66.3 Å². The molecule has 0 fully saturated rings. The number of benzene rings is 5. The van der Waals surface area contributed by atoms with E-state index in [0.29, 0.717) is 22.5 Å². The monoisotopic (exact) mass is 610 g/mol. The number of thiazole rings is 2. The molecule has 0 aliphatic heterocycles. The number of rotatable bonds is 6. The number of amides is 2. The Morgan fingerprint density at radius 2 is 0.977 bits per heavy atom. The number of aryl methyl sites for hydroxylation is 2. The maximum absolute atomic E-state index is 13.0. The largest absolute Gasteiger partial charge is 0.322 e. The minimum atomic E-state index is -0.293. The minimum Gasteiger partial charge on any atom is -0.322 e. The van der Waals surface area contributed by atoms with Crippen molar-refractivity contribution in [3.8, 4) is 21.1 Å². The van der Waals surface area contributed by atoms with Crippen molar-refractivity contribution in [3.63, 3.8) is 0 Å². The van der Waals surface area contributed by atoms with E-state index in [1.54, 1.807) is 46.9 Å². The third-order valence-electron chi connectivity index (χ3n) is 7.25. The van der Waals surface area contributed by atoms with Gasteiger partial charge >= 0.3 is 0 Å². The van der Waals surface area contributed by atoms with Crippen LogP contribution in [0.15, 0.2) is 109 Å². The van der Waals surface area contributed by atoms with Gasteiger partial charge in [0.15, 0.2) is 0 Å². The molecule has 0 saturated heterocycles. The van der Waals surface area contributed by atoms with Crippen molar-refractivity contribution in [2.24, 2.45) is 0 Å². The van der Waals surface area contributed by atoms with E-state index in [9.17, 15) is 9.59 Å². The van der Waals surface area contributed by atoms with Gasteiger partial charge in [-0.05, 0) is 116 Å². The molecule has 2 amide bonds. The predicted molar refractivity (Wildman–Crippen MR) is 182 cm³/mol. The van der Waals surface area contributed by atoms with E-state index < -0.39 is 0 Å². The molecule has 0 bridgehead atoms. The van der Waals surface area contributed by atoms with Crippen LogP contribution >= 0.6 is 22.7 Å². The minimum absolute atomic E-state index is 0.293. The highest BCUT2D eigenvalue weighted by Gasteiger charge is 2.13. The van der Waals surface area contributed by atoms with Crippen molar-refractivity contribution in [2.75, 3.05) is 10.6 Å². The van der Waals surface area contributed by atoms with Gasteiger partial charge in [0.1, 0.15) is 10.0 Å². The Kier molecular flexibility index (Phi) is 7.21. The van der Waals surface area contributed by atoms with Crippen LogP contribution in [0.3, 0.4) is 0 Å². The molecule has 0 atom stereocenters. The Morgan fingerprint density at radius 1 is 0.545 bits per heavy atom. The fourth-order valence-corrected chi connectivity index (χ4v) is 7.05. The van der Waals surface area contributed by atoms with Crippen molar-refractivity contribution < 1.29 is 9.59 Å². The van der Waals surface area contributed by atoms with Gasteiger partial charge < -0.3 is 10.6 Å². The second kappa shape index (κ2) is 11.5. The molecule has 2 heterocycles. The molecule has 0 aliphatic rings. The molecule has 6 nitrogen and oxygen atoms in total. The van der Waals surface area contributed by atoms with E-state index in [2.05, 4.69) is 48.7 Å². The zero-order valence-electron chi connectivity index (χ0n) is 23.9. The number of carbonyl (C=O) groups is 2. The summed E-state index contributed by atoms with van der Waals surface area (Å²) in [5.74, 6) is -0.587. The fourth-order valence-electron chi connectivity index (χ4n) is 4.91. The van der Waals surface area contributed by atoms with Gasteiger partial charge in [-0.1, -0.05) is 18.2 Å². The molecule has 0 spiro atoms. The smallest absolute Gasteiger partial charge is 0.255 e. The zero-order valence-corrected chi connectivity index (χ0v) is 25.6. The zero-order chi connectivity index (χ0) is 30.2. The van der Waals surface area contributed by atoms with Crippen LogP contribution in [0.25, 0.3) is 41.6 Å². The van der Waals surface area contributed by atoms with Crippen LogP contribution in [0.4, 0.5) is 11.4 Å². The summed E-state index contributed by atoms with van der Waals surface area (Å²) in [7, 11) is 0. The van der Waals surface area contributed by atoms with E-state index >= 15 is 0 Å². The van der Waals surface area contributed by atoms with Crippen LogP contribution in [0.2, 0.25) is 0 Å².